The van der Waals surface area contributed by atoms with E-state index in [0.29, 0.717) is 10.8 Å². The third-order valence-corrected chi connectivity index (χ3v) is 4.46. The lowest BCUT2D eigenvalue weighted by Gasteiger charge is -2.32. The van der Waals surface area contributed by atoms with Gasteiger partial charge in [-0.25, -0.2) is 8.78 Å². The molecule has 0 bridgehead atoms. The van der Waals surface area contributed by atoms with Crippen molar-refractivity contribution in [1.29, 1.82) is 0 Å². The van der Waals surface area contributed by atoms with Crippen molar-refractivity contribution in [3.8, 4) is 0 Å². The number of benzene rings is 1. The number of hydrogen-bond acceptors (Lipinski definition) is 2. The van der Waals surface area contributed by atoms with E-state index in [1.54, 1.807) is 0 Å². The van der Waals surface area contributed by atoms with Crippen molar-refractivity contribution in [2.45, 2.75) is 31.2 Å². The second-order valence-corrected chi connectivity index (χ2v) is 5.56. The molecule has 1 heterocycles. The van der Waals surface area contributed by atoms with E-state index >= 15 is 0 Å². The van der Waals surface area contributed by atoms with E-state index in [-0.39, 0.29) is 6.04 Å². The molecule has 1 aromatic rings. The molecule has 0 saturated carbocycles. The molecule has 0 amide bonds. The van der Waals surface area contributed by atoms with E-state index in [9.17, 15) is 8.78 Å². The minimum Gasteiger partial charge on any atom is -0.310 e. The van der Waals surface area contributed by atoms with Crippen molar-refractivity contribution in [3.05, 3.63) is 29.3 Å². The number of hydrogen-bond donors (Lipinski definition) is 1. The molecule has 2 rings (SSSR count). The van der Waals surface area contributed by atoms with E-state index in [2.05, 4.69) is 19.2 Å². The average molecular weight is 257 g/mol. The Balaban J connectivity index is 2.36. The molecule has 0 aliphatic carbocycles. The summed E-state index contributed by atoms with van der Waals surface area (Å²) in [4.78, 5) is 0.609. The van der Waals surface area contributed by atoms with E-state index in [1.165, 1.54) is 17.8 Å². The molecule has 1 aliphatic rings. The van der Waals surface area contributed by atoms with Crippen molar-refractivity contribution in [2.75, 3.05) is 12.3 Å². The molecule has 1 aliphatic heterocycles. The maximum absolute atomic E-state index is 13.7. The Kier molecular flexibility index (Phi) is 4.05. The first-order valence-corrected chi connectivity index (χ1v) is 6.97. The van der Waals surface area contributed by atoms with Gasteiger partial charge in [0.25, 0.3) is 0 Å². The smallest absolute Gasteiger partial charge is 0.140 e. The van der Waals surface area contributed by atoms with Crippen molar-refractivity contribution in [3.63, 3.8) is 0 Å². The molecule has 1 N–H and O–H groups in total. The topological polar surface area (TPSA) is 12.0 Å². The molecule has 2 unspecified atom stereocenters. The fourth-order valence-electron chi connectivity index (χ4n) is 2.19. The number of halogens is 2. The van der Waals surface area contributed by atoms with E-state index < -0.39 is 11.6 Å². The van der Waals surface area contributed by atoms with E-state index in [0.717, 1.165) is 30.3 Å². The Morgan fingerprint density at radius 1 is 1.41 bits per heavy atom. The van der Waals surface area contributed by atoms with Gasteiger partial charge in [-0.1, -0.05) is 13.8 Å². The first-order chi connectivity index (χ1) is 8.13. The van der Waals surface area contributed by atoms with Gasteiger partial charge in [0.1, 0.15) is 11.6 Å². The first kappa shape index (κ1) is 12.8. The maximum atomic E-state index is 13.7. The Labute approximate surface area is 105 Å². The fraction of sp³-hybridized carbons (Fsp3) is 0.538. The Hall–Kier alpha value is -0.610. The van der Waals surface area contributed by atoms with Crippen LogP contribution in [0.2, 0.25) is 0 Å². The minimum atomic E-state index is -0.487. The van der Waals surface area contributed by atoms with Gasteiger partial charge in [-0.2, -0.15) is 0 Å². The molecule has 0 saturated heterocycles. The second-order valence-electron chi connectivity index (χ2n) is 4.53. The molecular weight excluding hydrogens is 240 g/mol. The number of nitrogens with one attached hydrogen (secondary N) is 1. The van der Waals surface area contributed by atoms with Crippen molar-refractivity contribution in [1.82, 2.24) is 5.32 Å². The lowest BCUT2D eigenvalue weighted by Crippen LogP contribution is -2.32. The Morgan fingerprint density at radius 3 is 2.88 bits per heavy atom. The predicted molar refractivity (Wildman–Crippen MR) is 67.3 cm³/mol. The van der Waals surface area contributed by atoms with Gasteiger partial charge in [-0.15, -0.1) is 11.8 Å². The summed E-state index contributed by atoms with van der Waals surface area (Å²) in [7, 11) is 0. The van der Waals surface area contributed by atoms with Gasteiger partial charge in [0.15, 0.2) is 0 Å². The lowest BCUT2D eigenvalue weighted by atomic mass is 9.94. The van der Waals surface area contributed by atoms with Crippen molar-refractivity contribution >= 4 is 11.8 Å². The summed E-state index contributed by atoms with van der Waals surface area (Å²) in [5.74, 6) is 0.344. The molecule has 0 fully saturated rings. The van der Waals surface area contributed by atoms with Gasteiger partial charge in [0.05, 0.1) is 0 Å². The molecule has 1 nitrogen and oxygen atoms in total. The lowest BCUT2D eigenvalue weighted by molar-refractivity contribution is 0.399. The number of fused-ring (bicyclic) bond motifs is 1. The third-order valence-electron chi connectivity index (χ3n) is 3.05. The predicted octanol–water partition coefficient (Wildman–Crippen LogP) is 3.75. The third kappa shape index (κ3) is 2.63. The van der Waals surface area contributed by atoms with Crippen molar-refractivity contribution < 1.29 is 8.78 Å². The van der Waals surface area contributed by atoms with Crippen LogP contribution in [0.25, 0.3) is 0 Å². The number of thioether (sulfide) groups is 1. The zero-order valence-corrected chi connectivity index (χ0v) is 10.9. The van der Waals surface area contributed by atoms with E-state index in [1.807, 2.05) is 0 Å². The summed E-state index contributed by atoms with van der Waals surface area (Å²) in [5, 5.41) is 3.38. The highest BCUT2D eigenvalue weighted by atomic mass is 32.2. The minimum absolute atomic E-state index is 0.0661. The molecular formula is C13H17F2NS. The number of rotatable bonds is 3. The SMILES string of the molecule is CCCNC1c2cc(F)cc(F)c2SCC1C. The summed E-state index contributed by atoms with van der Waals surface area (Å²) in [6.45, 7) is 5.08. The van der Waals surface area contributed by atoms with Crippen molar-refractivity contribution in [2.24, 2.45) is 5.92 Å². The molecule has 4 heteroatoms. The van der Waals surface area contributed by atoms with Crippen LogP contribution in [-0.2, 0) is 0 Å². The monoisotopic (exact) mass is 257 g/mol. The van der Waals surface area contributed by atoms with Crippen LogP contribution in [-0.4, -0.2) is 12.3 Å². The van der Waals surface area contributed by atoms with Crippen LogP contribution in [0.15, 0.2) is 17.0 Å². The first-order valence-electron chi connectivity index (χ1n) is 5.98. The molecule has 2 atom stereocenters. The van der Waals surface area contributed by atoms with E-state index in [4.69, 9.17) is 0 Å². The summed E-state index contributed by atoms with van der Waals surface area (Å²) in [6, 6.07) is 2.50. The summed E-state index contributed by atoms with van der Waals surface area (Å²) >= 11 is 1.49. The fourth-order valence-corrected chi connectivity index (χ4v) is 3.36. The van der Waals surface area contributed by atoms with Crippen LogP contribution in [0.5, 0.6) is 0 Å². The molecule has 17 heavy (non-hydrogen) atoms. The Bertz CT molecular complexity index is 409. The van der Waals surface area contributed by atoms with Crippen LogP contribution in [0.4, 0.5) is 8.78 Å². The second kappa shape index (κ2) is 5.36. The van der Waals surface area contributed by atoms with Gasteiger partial charge in [-0.05, 0) is 30.5 Å². The van der Waals surface area contributed by atoms with Crippen LogP contribution in [0.1, 0.15) is 31.9 Å². The molecule has 0 spiro atoms. The molecule has 0 aromatic heterocycles. The maximum Gasteiger partial charge on any atom is 0.140 e. The summed E-state index contributed by atoms with van der Waals surface area (Å²) in [5.41, 5.74) is 0.778. The van der Waals surface area contributed by atoms with Crippen LogP contribution >= 0.6 is 11.8 Å². The highest BCUT2D eigenvalue weighted by Crippen LogP contribution is 2.41. The molecule has 94 valence electrons. The van der Waals surface area contributed by atoms with Gasteiger partial charge in [0.2, 0.25) is 0 Å². The van der Waals surface area contributed by atoms with Crippen LogP contribution in [0.3, 0.4) is 0 Å². The normalized spacial score (nSPS) is 23.5. The average Bonchev–Trinajstić information content (AvgIpc) is 2.27. The largest absolute Gasteiger partial charge is 0.310 e. The summed E-state index contributed by atoms with van der Waals surface area (Å²) in [6.07, 6.45) is 1.02. The van der Waals surface area contributed by atoms with Gasteiger partial charge >= 0.3 is 0 Å². The Morgan fingerprint density at radius 2 is 2.18 bits per heavy atom. The zero-order chi connectivity index (χ0) is 12.4. The van der Waals surface area contributed by atoms with Gasteiger partial charge < -0.3 is 5.32 Å². The molecule has 1 aromatic carbocycles. The standard InChI is InChI=1S/C13H17F2NS/c1-3-4-16-12-8(2)7-17-13-10(12)5-9(14)6-11(13)15/h5-6,8,12,16H,3-4,7H2,1-2H3. The van der Waals surface area contributed by atoms with Crippen LogP contribution < -0.4 is 5.32 Å². The van der Waals surface area contributed by atoms with Gasteiger partial charge in [-0.3, -0.25) is 0 Å². The van der Waals surface area contributed by atoms with Crippen LogP contribution in [0, 0.1) is 17.6 Å². The zero-order valence-electron chi connectivity index (χ0n) is 10.1. The van der Waals surface area contributed by atoms with Gasteiger partial charge in [0, 0.05) is 22.8 Å². The molecule has 0 radical (unpaired) electrons. The highest BCUT2D eigenvalue weighted by Gasteiger charge is 2.29. The quantitative estimate of drug-likeness (QED) is 0.885. The summed E-state index contributed by atoms with van der Waals surface area (Å²) < 4.78 is 27.0. The highest BCUT2D eigenvalue weighted by molar-refractivity contribution is 7.99.